The summed E-state index contributed by atoms with van der Waals surface area (Å²) < 4.78 is 5.54. The second-order valence-corrected chi connectivity index (χ2v) is 6.79. The predicted molar refractivity (Wildman–Crippen MR) is 73.7 cm³/mol. The van der Waals surface area contributed by atoms with Gasteiger partial charge in [-0.05, 0) is 37.6 Å². The van der Waals surface area contributed by atoms with Crippen molar-refractivity contribution in [3.63, 3.8) is 0 Å². The molecule has 0 aromatic rings. The van der Waals surface area contributed by atoms with E-state index in [9.17, 15) is 0 Å². The first-order valence-electron chi connectivity index (χ1n) is 7.80. The summed E-state index contributed by atoms with van der Waals surface area (Å²) >= 11 is 0. The summed E-state index contributed by atoms with van der Waals surface area (Å²) in [5.74, 6) is 1.56. The van der Waals surface area contributed by atoms with Gasteiger partial charge in [-0.3, -0.25) is 9.80 Å². The summed E-state index contributed by atoms with van der Waals surface area (Å²) in [5, 5.41) is 0. The monoisotopic (exact) mass is 252 g/mol. The Kier molecular flexibility index (Phi) is 3.92. The Morgan fingerprint density at radius 1 is 1.22 bits per heavy atom. The van der Waals surface area contributed by atoms with E-state index in [1.54, 1.807) is 0 Å². The van der Waals surface area contributed by atoms with Crippen LogP contribution in [0.4, 0.5) is 0 Å². The van der Waals surface area contributed by atoms with Crippen LogP contribution >= 0.6 is 0 Å². The standard InChI is InChI=1S/C15H28N2O/c1-12(2)15-10-16-6-3-4-14(16)9-17(15)8-13-5-7-18-11-13/h12-15H,3-11H2,1-2H3. The second kappa shape index (κ2) is 5.48. The molecule has 18 heavy (non-hydrogen) atoms. The van der Waals surface area contributed by atoms with Gasteiger partial charge in [0, 0.05) is 38.3 Å². The zero-order valence-corrected chi connectivity index (χ0v) is 12.0. The van der Waals surface area contributed by atoms with Crippen molar-refractivity contribution >= 4 is 0 Å². The molecular weight excluding hydrogens is 224 g/mol. The van der Waals surface area contributed by atoms with Crippen LogP contribution in [0.1, 0.15) is 33.1 Å². The Hall–Kier alpha value is -0.120. The van der Waals surface area contributed by atoms with E-state index in [1.807, 2.05) is 0 Å². The Morgan fingerprint density at radius 3 is 2.83 bits per heavy atom. The van der Waals surface area contributed by atoms with E-state index in [4.69, 9.17) is 4.74 Å². The van der Waals surface area contributed by atoms with Gasteiger partial charge in [0.1, 0.15) is 0 Å². The van der Waals surface area contributed by atoms with Crippen molar-refractivity contribution in [1.82, 2.24) is 9.80 Å². The fraction of sp³-hybridized carbons (Fsp3) is 1.00. The van der Waals surface area contributed by atoms with E-state index in [1.165, 1.54) is 45.4 Å². The Morgan fingerprint density at radius 2 is 2.11 bits per heavy atom. The zero-order chi connectivity index (χ0) is 12.5. The highest BCUT2D eigenvalue weighted by molar-refractivity contribution is 4.94. The van der Waals surface area contributed by atoms with E-state index >= 15 is 0 Å². The molecule has 0 saturated carbocycles. The van der Waals surface area contributed by atoms with Crippen LogP contribution in [0.2, 0.25) is 0 Å². The number of piperazine rings is 1. The number of fused-ring (bicyclic) bond motifs is 1. The van der Waals surface area contributed by atoms with Gasteiger partial charge in [0.05, 0.1) is 6.61 Å². The van der Waals surface area contributed by atoms with E-state index in [0.717, 1.165) is 37.1 Å². The van der Waals surface area contributed by atoms with Gasteiger partial charge in [-0.15, -0.1) is 0 Å². The molecule has 0 N–H and O–H groups in total. The van der Waals surface area contributed by atoms with Crippen molar-refractivity contribution in [2.45, 2.75) is 45.2 Å². The molecule has 0 amide bonds. The van der Waals surface area contributed by atoms with Crippen LogP contribution in [0.3, 0.4) is 0 Å². The molecule has 3 heterocycles. The van der Waals surface area contributed by atoms with Crippen molar-refractivity contribution in [2.75, 3.05) is 39.4 Å². The van der Waals surface area contributed by atoms with Gasteiger partial charge in [-0.1, -0.05) is 13.8 Å². The Balaban J connectivity index is 1.64. The third kappa shape index (κ3) is 2.59. The molecule has 0 radical (unpaired) electrons. The highest BCUT2D eigenvalue weighted by Crippen LogP contribution is 2.29. The molecule has 3 nitrogen and oxygen atoms in total. The molecular formula is C15H28N2O. The van der Waals surface area contributed by atoms with Crippen LogP contribution in [0, 0.1) is 11.8 Å². The number of rotatable bonds is 3. The third-order valence-corrected chi connectivity index (χ3v) is 5.12. The van der Waals surface area contributed by atoms with E-state index in [-0.39, 0.29) is 0 Å². The first kappa shape index (κ1) is 12.9. The fourth-order valence-electron chi connectivity index (χ4n) is 4.01. The third-order valence-electron chi connectivity index (χ3n) is 5.12. The predicted octanol–water partition coefficient (Wildman–Crippen LogP) is 1.83. The van der Waals surface area contributed by atoms with Crippen LogP contribution in [-0.4, -0.2) is 61.3 Å². The molecule has 0 bridgehead atoms. The Bertz CT molecular complexity index is 274. The summed E-state index contributed by atoms with van der Waals surface area (Å²) in [5.41, 5.74) is 0. The van der Waals surface area contributed by atoms with Crippen molar-refractivity contribution < 1.29 is 4.74 Å². The first-order chi connectivity index (χ1) is 8.74. The molecule has 3 heteroatoms. The average molecular weight is 252 g/mol. The largest absolute Gasteiger partial charge is 0.381 e. The van der Waals surface area contributed by atoms with Crippen LogP contribution < -0.4 is 0 Å². The number of hydrogen-bond acceptors (Lipinski definition) is 3. The first-order valence-corrected chi connectivity index (χ1v) is 7.80. The van der Waals surface area contributed by atoms with Crippen LogP contribution in [0.25, 0.3) is 0 Å². The number of hydrogen-bond donors (Lipinski definition) is 0. The molecule has 3 rings (SSSR count). The van der Waals surface area contributed by atoms with Gasteiger partial charge in [-0.25, -0.2) is 0 Å². The van der Waals surface area contributed by atoms with Crippen molar-refractivity contribution in [3.8, 4) is 0 Å². The summed E-state index contributed by atoms with van der Waals surface area (Å²) in [6.07, 6.45) is 4.11. The maximum atomic E-state index is 5.54. The minimum Gasteiger partial charge on any atom is -0.381 e. The summed E-state index contributed by atoms with van der Waals surface area (Å²) in [4.78, 5) is 5.53. The highest BCUT2D eigenvalue weighted by Gasteiger charge is 2.38. The van der Waals surface area contributed by atoms with Crippen LogP contribution in [0.15, 0.2) is 0 Å². The van der Waals surface area contributed by atoms with Crippen molar-refractivity contribution in [2.24, 2.45) is 11.8 Å². The van der Waals surface area contributed by atoms with E-state index in [0.29, 0.717) is 0 Å². The molecule has 3 aliphatic heterocycles. The van der Waals surface area contributed by atoms with Gasteiger partial charge in [0.25, 0.3) is 0 Å². The summed E-state index contributed by atoms with van der Waals surface area (Å²) in [6.45, 7) is 12.0. The summed E-state index contributed by atoms with van der Waals surface area (Å²) in [6, 6.07) is 1.61. The molecule has 0 aliphatic carbocycles. The van der Waals surface area contributed by atoms with Gasteiger partial charge in [-0.2, -0.15) is 0 Å². The van der Waals surface area contributed by atoms with Gasteiger partial charge >= 0.3 is 0 Å². The maximum absolute atomic E-state index is 5.54. The topological polar surface area (TPSA) is 15.7 Å². The SMILES string of the molecule is CC(C)C1CN2CCCC2CN1CC1CCOC1. The minimum atomic E-state index is 0.764. The Labute approximate surface area is 111 Å². The molecule has 3 unspecified atom stereocenters. The lowest BCUT2D eigenvalue weighted by Gasteiger charge is -2.46. The second-order valence-electron chi connectivity index (χ2n) is 6.79. The molecule has 3 fully saturated rings. The lowest BCUT2D eigenvalue weighted by molar-refractivity contribution is 0.0181. The molecule has 104 valence electrons. The lowest BCUT2D eigenvalue weighted by Crippen LogP contribution is -2.58. The quantitative estimate of drug-likeness (QED) is 0.762. The normalized spacial score (nSPS) is 38.5. The molecule has 3 atom stereocenters. The lowest BCUT2D eigenvalue weighted by atomic mass is 9.95. The average Bonchev–Trinajstić information content (AvgIpc) is 2.97. The number of nitrogens with zero attached hydrogens (tertiary/aromatic N) is 2. The van der Waals surface area contributed by atoms with E-state index in [2.05, 4.69) is 23.6 Å². The van der Waals surface area contributed by atoms with Gasteiger partial charge in [0.15, 0.2) is 0 Å². The smallest absolute Gasteiger partial charge is 0.0507 e. The van der Waals surface area contributed by atoms with Crippen LogP contribution in [-0.2, 0) is 4.74 Å². The maximum Gasteiger partial charge on any atom is 0.0507 e. The fourth-order valence-corrected chi connectivity index (χ4v) is 4.01. The van der Waals surface area contributed by atoms with Crippen molar-refractivity contribution in [3.05, 3.63) is 0 Å². The molecule has 3 aliphatic rings. The molecule has 0 spiro atoms. The van der Waals surface area contributed by atoms with Gasteiger partial charge < -0.3 is 4.74 Å². The molecule has 0 aromatic carbocycles. The summed E-state index contributed by atoms with van der Waals surface area (Å²) in [7, 11) is 0. The zero-order valence-electron chi connectivity index (χ0n) is 12.0. The highest BCUT2D eigenvalue weighted by atomic mass is 16.5. The minimum absolute atomic E-state index is 0.764. The van der Waals surface area contributed by atoms with Crippen LogP contribution in [0.5, 0.6) is 0 Å². The van der Waals surface area contributed by atoms with Gasteiger partial charge in [0.2, 0.25) is 0 Å². The number of ether oxygens (including phenoxy) is 1. The molecule has 3 saturated heterocycles. The van der Waals surface area contributed by atoms with E-state index < -0.39 is 0 Å². The van der Waals surface area contributed by atoms with Crippen molar-refractivity contribution in [1.29, 1.82) is 0 Å². The molecule has 0 aromatic heterocycles.